The molecule has 12 rings (SSSR count). The number of hydrogen-bond acceptors (Lipinski definition) is 0. The second kappa shape index (κ2) is 12.0. The van der Waals surface area contributed by atoms with E-state index in [2.05, 4.69) is 208 Å². The average molecular weight is 723 g/mol. The molecule has 1 aliphatic carbocycles. The SMILES string of the molecule is CC1(C)c2cc(-c3c4ccccc4c(-c4ccc(-c5ccccc5)c5ccccc45)c4ccccc34)c3ccccc3c2-c2c1c1ccccc1c1ccccc21. The van der Waals surface area contributed by atoms with E-state index in [1.807, 2.05) is 0 Å². The van der Waals surface area contributed by atoms with Crippen molar-refractivity contribution in [2.75, 3.05) is 0 Å². The van der Waals surface area contributed by atoms with Crippen molar-refractivity contribution in [3.8, 4) is 44.5 Å². The van der Waals surface area contributed by atoms with Gasteiger partial charge in [0.25, 0.3) is 0 Å². The topological polar surface area (TPSA) is 0 Å². The second-order valence-corrected chi connectivity index (χ2v) is 16.3. The Labute approximate surface area is 332 Å². The zero-order valence-corrected chi connectivity index (χ0v) is 32.0. The molecule has 0 spiro atoms. The number of benzene rings is 11. The second-order valence-electron chi connectivity index (χ2n) is 16.3. The molecular formula is C57H38. The predicted octanol–water partition coefficient (Wildman–Crippen LogP) is 15.9. The Hall–Kier alpha value is -7.02. The molecule has 57 heavy (non-hydrogen) atoms. The summed E-state index contributed by atoms with van der Waals surface area (Å²) < 4.78 is 0. The van der Waals surface area contributed by atoms with Gasteiger partial charge in [-0.1, -0.05) is 202 Å². The zero-order valence-electron chi connectivity index (χ0n) is 32.0. The lowest BCUT2D eigenvalue weighted by molar-refractivity contribution is 0.667. The Morgan fingerprint density at radius 2 is 0.614 bits per heavy atom. The molecule has 0 aliphatic heterocycles. The molecule has 0 fully saturated rings. The Kier molecular flexibility index (Phi) is 6.78. The first kappa shape index (κ1) is 32.2. The highest BCUT2D eigenvalue weighted by Gasteiger charge is 2.40. The van der Waals surface area contributed by atoms with E-state index < -0.39 is 0 Å². The summed E-state index contributed by atoms with van der Waals surface area (Å²) in [6, 6.07) is 72.4. The minimum Gasteiger partial charge on any atom is -0.0622 e. The van der Waals surface area contributed by atoms with Gasteiger partial charge in [-0.2, -0.15) is 0 Å². The van der Waals surface area contributed by atoms with Gasteiger partial charge in [-0.3, -0.25) is 0 Å². The minimum absolute atomic E-state index is 0.224. The Morgan fingerprint density at radius 3 is 1.16 bits per heavy atom. The maximum absolute atomic E-state index is 2.57. The largest absolute Gasteiger partial charge is 0.0622 e. The van der Waals surface area contributed by atoms with Crippen molar-refractivity contribution in [3.63, 3.8) is 0 Å². The van der Waals surface area contributed by atoms with Gasteiger partial charge in [0.05, 0.1) is 0 Å². The van der Waals surface area contributed by atoms with E-state index in [0.29, 0.717) is 0 Å². The fourth-order valence-corrected chi connectivity index (χ4v) is 10.6. The van der Waals surface area contributed by atoms with Crippen molar-refractivity contribution >= 4 is 64.6 Å². The van der Waals surface area contributed by atoms with Gasteiger partial charge in [0.15, 0.2) is 0 Å². The van der Waals surface area contributed by atoms with Crippen LogP contribution in [-0.2, 0) is 5.41 Å². The molecule has 0 saturated carbocycles. The van der Waals surface area contributed by atoms with Gasteiger partial charge in [0.2, 0.25) is 0 Å². The molecule has 0 saturated heterocycles. The van der Waals surface area contributed by atoms with Crippen LogP contribution in [-0.4, -0.2) is 0 Å². The molecule has 0 amide bonds. The zero-order chi connectivity index (χ0) is 37.8. The molecule has 0 atom stereocenters. The molecule has 1 aliphatic rings. The summed E-state index contributed by atoms with van der Waals surface area (Å²) >= 11 is 0. The summed E-state index contributed by atoms with van der Waals surface area (Å²) in [5.41, 5.74) is 13.0. The third-order valence-electron chi connectivity index (χ3n) is 13.0. The maximum Gasteiger partial charge on any atom is 0.0165 e. The molecule has 0 heteroatoms. The van der Waals surface area contributed by atoms with Gasteiger partial charge in [-0.05, 0) is 126 Å². The van der Waals surface area contributed by atoms with Crippen LogP contribution in [0.2, 0.25) is 0 Å². The monoisotopic (exact) mass is 722 g/mol. The summed E-state index contributed by atoms with van der Waals surface area (Å²) in [5, 5.41) is 15.6. The first-order valence-corrected chi connectivity index (χ1v) is 20.1. The Balaban J connectivity index is 1.20. The van der Waals surface area contributed by atoms with Crippen LogP contribution in [0.3, 0.4) is 0 Å². The molecule has 0 aromatic heterocycles. The molecule has 0 bridgehead atoms. The van der Waals surface area contributed by atoms with Gasteiger partial charge in [-0.15, -0.1) is 0 Å². The summed E-state index contributed by atoms with van der Waals surface area (Å²) in [4.78, 5) is 0. The van der Waals surface area contributed by atoms with Gasteiger partial charge < -0.3 is 0 Å². The number of rotatable bonds is 3. The van der Waals surface area contributed by atoms with E-state index in [1.165, 1.54) is 120 Å². The third kappa shape index (κ3) is 4.44. The Bertz CT molecular complexity index is 3420. The maximum atomic E-state index is 2.57. The lowest BCUT2D eigenvalue weighted by Crippen LogP contribution is -2.16. The van der Waals surface area contributed by atoms with Crippen molar-refractivity contribution < 1.29 is 0 Å². The fourth-order valence-electron chi connectivity index (χ4n) is 10.6. The van der Waals surface area contributed by atoms with Crippen molar-refractivity contribution in [2.24, 2.45) is 0 Å². The summed E-state index contributed by atoms with van der Waals surface area (Å²) in [6.45, 7) is 4.89. The van der Waals surface area contributed by atoms with E-state index >= 15 is 0 Å². The van der Waals surface area contributed by atoms with E-state index in [0.717, 1.165) is 0 Å². The van der Waals surface area contributed by atoms with Gasteiger partial charge in [0.1, 0.15) is 0 Å². The van der Waals surface area contributed by atoms with Gasteiger partial charge >= 0.3 is 0 Å². The molecule has 0 unspecified atom stereocenters. The quantitative estimate of drug-likeness (QED) is 0.126. The highest BCUT2D eigenvalue weighted by molar-refractivity contribution is 6.28. The fraction of sp³-hybridized carbons (Fsp3) is 0.0526. The van der Waals surface area contributed by atoms with Crippen LogP contribution in [0.1, 0.15) is 25.0 Å². The molecular weight excluding hydrogens is 685 g/mol. The highest BCUT2D eigenvalue weighted by atomic mass is 14.4. The van der Waals surface area contributed by atoms with Crippen LogP contribution in [0.4, 0.5) is 0 Å². The average Bonchev–Trinajstić information content (AvgIpc) is 3.52. The lowest BCUT2D eigenvalue weighted by Gasteiger charge is -2.25. The van der Waals surface area contributed by atoms with Crippen LogP contribution in [0, 0.1) is 0 Å². The van der Waals surface area contributed by atoms with E-state index in [-0.39, 0.29) is 5.41 Å². The van der Waals surface area contributed by atoms with E-state index in [4.69, 9.17) is 0 Å². The Morgan fingerprint density at radius 1 is 0.263 bits per heavy atom. The molecule has 11 aromatic rings. The summed E-state index contributed by atoms with van der Waals surface area (Å²) in [6.07, 6.45) is 0. The van der Waals surface area contributed by atoms with Crippen molar-refractivity contribution in [3.05, 3.63) is 205 Å². The first-order chi connectivity index (χ1) is 28.1. The molecule has 0 heterocycles. The minimum atomic E-state index is -0.224. The van der Waals surface area contributed by atoms with Gasteiger partial charge in [-0.25, -0.2) is 0 Å². The summed E-state index contributed by atoms with van der Waals surface area (Å²) in [5.74, 6) is 0. The van der Waals surface area contributed by atoms with Crippen LogP contribution < -0.4 is 0 Å². The van der Waals surface area contributed by atoms with Crippen molar-refractivity contribution in [1.82, 2.24) is 0 Å². The number of hydrogen-bond donors (Lipinski definition) is 0. The van der Waals surface area contributed by atoms with Crippen LogP contribution in [0.25, 0.3) is 109 Å². The predicted molar refractivity (Wildman–Crippen MR) is 245 cm³/mol. The van der Waals surface area contributed by atoms with Crippen LogP contribution in [0.15, 0.2) is 194 Å². The molecule has 266 valence electrons. The summed E-state index contributed by atoms with van der Waals surface area (Å²) in [7, 11) is 0. The third-order valence-corrected chi connectivity index (χ3v) is 13.0. The molecule has 0 N–H and O–H groups in total. The van der Waals surface area contributed by atoms with Crippen molar-refractivity contribution in [2.45, 2.75) is 19.3 Å². The molecule has 11 aromatic carbocycles. The van der Waals surface area contributed by atoms with E-state index in [9.17, 15) is 0 Å². The van der Waals surface area contributed by atoms with Gasteiger partial charge in [0, 0.05) is 5.41 Å². The standard InChI is InChI=1S/C57H38/c1-57(2)51-34-50(41-24-9-11-25-42(41)54(51)55-43-26-12-8-22-39(43)40-23-10-17-31-49(40)56(55)57)53-46-29-15-13-27-44(46)52(45-28-14-16-30-47(45)53)48-33-32-36(35-18-4-3-5-19-35)37-20-6-7-21-38(37)48/h3-34H,1-2H3. The van der Waals surface area contributed by atoms with E-state index in [1.54, 1.807) is 0 Å². The van der Waals surface area contributed by atoms with Crippen LogP contribution >= 0.6 is 0 Å². The molecule has 0 radical (unpaired) electrons. The molecule has 0 nitrogen and oxygen atoms in total. The number of fused-ring (bicyclic) bond motifs is 13. The first-order valence-electron chi connectivity index (χ1n) is 20.1. The van der Waals surface area contributed by atoms with Crippen LogP contribution in [0.5, 0.6) is 0 Å². The van der Waals surface area contributed by atoms with Crippen molar-refractivity contribution in [1.29, 1.82) is 0 Å². The lowest BCUT2D eigenvalue weighted by atomic mass is 9.77. The highest BCUT2D eigenvalue weighted by Crippen LogP contribution is 2.58. The smallest absolute Gasteiger partial charge is 0.0165 e. The normalized spacial score (nSPS) is 13.2.